The highest BCUT2D eigenvalue weighted by Crippen LogP contribution is 2.32. The van der Waals surface area contributed by atoms with Crippen molar-refractivity contribution in [3.8, 4) is 0 Å². The number of anilines is 2. The molecule has 0 fully saturated rings. The smallest absolute Gasteiger partial charge is 0.338 e. The minimum Gasteiger partial charge on any atom is -0.338 e. The Labute approximate surface area is 248 Å². The number of hydrogen-bond donors (Lipinski definition) is 2. The van der Waals surface area contributed by atoms with Gasteiger partial charge in [0.2, 0.25) is 17.7 Å². The molecule has 0 aliphatic heterocycles. The van der Waals surface area contributed by atoms with E-state index in [2.05, 4.69) is 20.8 Å². The van der Waals surface area contributed by atoms with Gasteiger partial charge in [-0.1, -0.05) is 39.8 Å². The van der Waals surface area contributed by atoms with Gasteiger partial charge >= 0.3 is 6.18 Å². The van der Waals surface area contributed by atoms with Gasteiger partial charge in [-0.25, -0.2) is 21.8 Å². The van der Waals surface area contributed by atoms with Crippen molar-refractivity contribution in [2.75, 3.05) is 22.1 Å². The SMILES string of the molecule is CCCS(=O)(=O)C(C)(C)C(=O)Nc1cc(C(C)(C)C)no1.CCCS(=O)(=O)C(C)(C)C(=O)Nc1nc(C(F)(F)F)cs1. The Bertz CT molecular complexity index is 1340. The van der Waals surface area contributed by atoms with Crippen molar-refractivity contribution in [2.45, 2.75) is 96.2 Å². The number of amides is 2. The van der Waals surface area contributed by atoms with Crippen LogP contribution in [-0.2, 0) is 40.9 Å². The molecule has 0 aliphatic carbocycles. The van der Waals surface area contributed by atoms with Crippen LogP contribution in [0.2, 0.25) is 0 Å². The lowest BCUT2D eigenvalue weighted by Gasteiger charge is -2.22. The zero-order valence-corrected chi connectivity index (χ0v) is 27.5. The van der Waals surface area contributed by atoms with Gasteiger partial charge < -0.3 is 9.84 Å². The molecule has 0 atom stereocenters. The predicted molar refractivity (Wildman–Crippen MR) is 156 cm³/mol. The maximum absolute atomic E-state index is 12.4. The summed E-state index contributed by atoms with van der Waals surface area (Å²) in [4.78, 5) is 27.5. The van der Waals surface area contributed by atoms with Gasteiger partial charge in [-0.15, -0.1) is 11.3 Å². The number of halogens is 3. The Kier molecular flexibility index (Phi) is 12.0. The first-order valence-corrected chi connectivity index (χ1v) is 17.1. The molecule has 2 amide bonds. The molecule has 240 valence electrons. The maximum atomic E-state index is 12.4. The van der Waals surface area contributed by atoms with Crippen molar-refractivity contribution >= 4 is 53.8 Å². The van der Waals surface area contributed by atoms with Crippen molar-refractivity contribution in [1.82, 2.24) is 10.1 Å². The molecule has 42 heavy (non-hydrogen) atoms. The van der Waals surface area contributed by atoms with Crippen molar-refractivity contribution in [3.05, 3.63) is 22.8 Å². The summed E-state index contributed by atoms with van der Waals surface area (Å²) in [7, 11) is -7.23. The molecule has 0 radical (unpaired) electrons. The van der Waals surface area contributed by atoms with Crippen LogP contribution in [0.15, 0.2) is 16.0 Å². The van der Waals surface area contributed by atoms with E-state index in [1.807, 2.05) is 20.8 Å². The fourth-order valence-electron chi connectivity index (χ4n) is 2.99. The number of carbonyl (C=O) groups excluding carboxylic acids is 2. The molecule has 0 unspecified atom stereocenters. The Morgan fingerprint density at radius 3 is 1.64 bits per heavy atom. The number of alkyl halides is 3. The Hall–Kier alpha value is -2.53. The van der Waals surface area contributed by atoms with Crippen molar-refractivity contribution in [3.63, 3.8) is 0 Å². The third-order valence-corrected chi connectivity index (χ3v) is 12.3. The lowest BCUT2D eigenvalue weighted by Crippen LogP contribution is -2.45. The highest BCUT2D eigenvalue weighted by Gasteiger charge is 2.42. The van der Waals surface area contributed by atoms with Crippen molar-refractivity contribution in [1.29, 1.82) is 0 Å². The number of nitrogens with one attached hydrogen (secondary N) is 2. The van der Waals surface area contributed by atoms with Crippen LogP contribution < -0.4 is 10.6 Å². The summed E-state index contributed by atoms with van der Waals surface area (Å²) < 4.78 is 87.3. The summed E-state index contributed by atoms with van der Waals surface area (Å²) in [5.41, 5.74) is -0.653. The largest absolute Gasteiger partial charge is 0.434 e. The number of thiazole rings is 1. The summed E-state index contributed by atoms with van der Waals surface area (Å²) >= 11 is 0.587. The molecule has 0 bridgehead atoms. The second-order valence-corrected chi connectivity index (χ2v) is 17.6. The predicted octanol–water partition coefficient (Wildman–Crippen LogP) is 5.22. The fourth-order valence-corrected chi connectivity index (χ4v) is 6.46. The molecule has 2 heterocycles. The number of aromatic nitrogens is 2. The van der Waals surface area contributed by atoms with Crippen LogP contribution in [-0.4, -0.2) is 59.8 Å². The van der Waals surface area contributed by atoms with Gasteiger partial charge in [-0.2, -0.15) is 13.2 Å². The molecule has 0 spiro atoms. The second kappa shape index (κ2) is 13.4. The fraction of sp³-hybridized carbons (Fsp3) is 0.680. The van der Waals surface area contributed by atoms with E-state index in [1.165, 1.54) is 27.7 Å². The van der Waals surface area contributed by atoms with Gasteiger partial charge in [-0.3, -0.25) is 14.9 Å². The van der Waals surface area contributed by atoms with E-state index in [-0.39, 0.29) is 27.9 Å². The number of nitrogens with zero attached hydrogens (tertiary/aromatic N) is 2. The van der Waals surface area contributed by atoms with E-state index in [0.717, 1.165) is 5.38 Å². The van der Waals surface area contributed by atoms with Crippen LogP contribution in [0.4, 0.5) is 24.2 Å². The normalized spacial score (nSPS) is 13.2. The molecule has 17 heteroatoms. The van der Waals surface area contributed by atoms with E-state index in [4.69, 9.17) is 4.52 Å². The quantitative estimate of drug-likeness (QED) is 0.348. The number of sulfone groups is 2. The van der Waals surface area contributed by atoms with Crippen molar-refractivity contribution < 1.29 is 44.1 Å². The minimum atomic E-state index is -4.61. The number of carbonyl (C=O) groups is 2. The lowest BCUT2D eigenvalue weighted by atomic mass is 9.92. The van der Waals surface area contributed by atoms with Crippen molar-refractivity contribution in [2.24, 2.45) is 0 Å². The van der Waals surface area contributed by atoms with Gasteiger partial charge in [0.1, 0.15) is 9.49 Å². The highest BCUT2D eigenvalue weighted by atomic mass is 32.2. The maximum Gasteiger partial charge on any atom is 0.434 e. The summed E-state index contributed by atoms with van der Waals surface area (Å²) in [5.74, 6) is -1.58. The van der Waals surface area contributed by atoms with Gasteiger partial charge in [-0.05, 0) is 40.5 Å². The summed E-state index contributed by atoms with van der Waals surface area (Å²) in [5, 5.41) is 8.97. The van der Waals surface area contributed by atoms with E-state index in [0.29, 0.717) is 29.9 Å². The van der Waals surface area contributed by atoms with Gasteiger partial charge in [0.05, 0.1) is 17.2 Å². The molecular weight excluding hydrogens is 621 g/mol. The molecule has 0 aliphatic rings. The average molecular weight is 661 g/mol. The first-order chi connectivity index (χ1) is 18.8. The van der Waals surface area contributed by atoms with E-state index in [9.17, 15) is 39.6 Å². The van der Waals surface area contributed by atoms with Crippen LogP contribution in [0.3, 0.4) is 0 Å². The Morgan fingerprint density at radius 1 is 0.833 bits per heavy atom. The molecule has 2 aromatic heterocycles. The number of rotatable bonds is 10. The zero-order valence-electron chi connectivity index (χ0n) is 25.1. The monoisotopic (exact) mass is 660 g/mol. The van der Waals surface area contributed by atoms with Crippen LogP contribution >= 0.6 is 11.3 Å². The van der Waals surface area contributed by atoms with Gasteiger partial charge in [0.15, 0.2) is 30.5 Å². The average Bonchev–Trinajstić information content (AvgIpc) is 3.49. The molecular formula is C25H39F3N4O7S3. The van der Waals surface area contributed by atoms with E-state index >= 15 is 0 Å². The molecule has 11 nitrogen and oxygen atoms in total. The standard InChI is InChI=1S/C14H24N2O4S.C11H15F3N2O3S2/c1-7-8-21(18,19)14(5,6)12(17)15-11-9-10(16-20-11)13(2,3)4;1-4-5-21(18,19)10(2,3)8(17)16-9-15-7(6-20-9)11(12,13)14/h9H,7-8H2,1-6H3,(H,15,17);6H,4-5H2,1-3H3,(H,15,16,17). The van der Waals surface area contributed by atoms with Crippen LogP contribution in [0.25, 0.3) is 0 Å². The third kappa shape index (κ3) is 9.23. The van der Waals surface area contributed by atoms with E-state index < -0.39 is 52.9 Å². The highest BCUT2D eigenvalue weighted by molar-refractivity contribution is 7.93. The Balaban J connectivity index is 0.000000420. The van der Waals surface area contributed by atoms with Crippen LogP contribution in [0.5, 0.6) is 0 Å². The lowest BCUT2D eigenvalue weighted by molar-refractivity contribution is -0.140. The molecule has 0 saturated heterocycles. The molecule has 2 aromatic rings. The summed E-state index contributed by atoms with van der Waals surface area (Å²) in [6, 6.07) is 1.61. The second-order valence-electron chi connectivity index (χ2n) is 11.4. The van der Waals surface area contributed by atoms with Crippen LogP contribution in [0.1, 0.15) is 86.5 Å². The summed E-state index contributed by atoms with van der Waals surface area (Å²) in [6.07, 6.45) is -3.80. The molecule has 0 saturated carbocycles. The first kappa shape index (κ1) is 37.5. The molecule has 2 N–H and O–H groups in total. The number of hydrogen-bond acceptors (Lipinski definition) is 10. The topological polar surface area (TPSA) is 165 Å². The van der Waals surface area contributed by atoms with Gasteiger partial charge in [0.25, 0.3) is 0 Å². The minimum absolute atomic E-state index is 0.0307. The van der Waals surface area contributed by atoms with Crippen LogP contribution in [0, 0.1) is 0 Å². The summed E-state index contributed by atoms with van der Waals surface area (Å²) in [6.45, 7) is 14.5. The van der Waals surface area contributed by atoms with Gasteiger partial charge in [0, 0.05) is 16.9 Å². The molecule has 2 rings (SSSR count). The van der Waals surface area contributed by atoms with E-state index in [1.54, 1.807) is 19.9 Å². The first-order valence-electron chi connectivity index (χ1n) is 12.9. The zero-order chi connectivity index (χ0) is 32.9. The Morgan fingerprint density at radius 2 is 1.29 bits per heavy atom. The molecule has 0 aromatic carbocycles. The third-order valence-electron chi connectivity index (χ3n) is 6.12.